The number of carboxylic acid groups (broad SMARTS) is 1. The van der Waals surface area contributed by atoms with E-state index in [0.29, 0.717) is 36.0 Å². The number of likely N-dealkylation sites (tertiary alicyclic amines) is 1. The minimum atomic E-state index is -1.59. The van der Waals surface area contributed by atoms with Crippen molar-refractivity contribution < 1.29 is 87.2 Å². The van der Waals surface area contributed by atoms with Gasteiger partial charge in [-0.25, -0.2) is 9.59 Å². The lowest BCUT2D eigenvalue weighted by Gasteiger charge is -2.31. The smallest absolute Gasteiger partial charge is 0.326 e. The van der Waals surface area contributed by atoms with Crippen molar-refractivity contribution in [2.75, 3.05) is 63.9 Å². The molecule has 1 aliphatic heterocycles. The second-order valence-corrected chi connectivity index (χ2v) is 33.7. The van der Waals surface area contributed by atoms with Gasteiger partial charge in [0.1, 0.15) is 90.0 Å². The van der Waals surface area contributed by atoms with Gasteiger partial charge in [0.25, 0.3) is 0 Å². The van der Waals surface area contributed by atoms with E-state index in [9.17, 15) is 72.9 Å². The number of carbonyl (C=O) groups is 15. The van der Waals surface area contributed by atoms with E-state index in [0.717, 1.165) is 10.8 Å². The first kappa shape index (κ1) is 114. The number of aliphatic carboxylic acids is 1. The van der Waals surface area contributed by atoms with Crippen molar-refractivity contribution in [3.05, 3.63) is 108 Å². The summed E-state index contributed by atoms with van der Waals surface area (Å²) in [6.07, 6.45) is 0.718. The molecule has 1 heterocycles. The van der Waals surface area contributed by atoms with Crippen LogP contribution in [0.3, 0.4) is 0 Å². The van der Waals surface area contributed by atoms with Gasteiger partial charge in [0.05, 0.1) is 6.04 Å². The molecule has 137 heavy (non-hydrogen) atoms. The number of nitrogens with zero attached hydrogens (tertiary/aromatic N) is 1. The van der Waals surface area contributed by atoms with E-state index in [4.69, 9.17) is 67.5 Å². The Morgan fingerprint density at radius 2 is 0.708 bits per heavy atom. The molecule has 48 nitrogen and oxygen atoms in total. The van der Waals surface area contributed by atoms with Crippen LogP contribution >= 0.6 is 25.3 Å². The largest absolute Gasteiger partial charge is 0.508 e. The van der Waals surface area contributed by atoms with Crippen LogP contribution in [0.15, 0.2) is 91.0 Å². The van der Waals surface area contributed by atoms with Gasteiger partial charge in [-0.2, -0.15) is 25.3 Å². The first-order valence-corrected chi connectivity index (χ1v) is 46.4. The van der Waals surface area contributed by atoms with Crippen LogP contribution in [0.5, 0.6) is 11.5 Å². The van der Waals surface area contributed by atoms with E-state index in [-0.39, 0.29) is 203 Å². The Bertz CT molecular complexity index is 4740. The molecule has 0 radical (unpaired) electrons. The van der Waals surface area contributed by atoms with Crippen LogP contribution in [0.25, 0.3) is 10.8 Å². The minimum Gasteiger partial charge on any atom is -0.508 e. The van der Waals surface area contributed by atoms with E-state index in [1.165, 1.54) is 60.4 Å². The predicted octanol–water partition coefficient (Wildman–Crippen LogP) is -5.86. The van der Waals surface area contributed by atoms with Crippen LogP contribution < -0.4 is 136 Å². The highest BCUT2D eigenvalue weighted by molar-refractivity contribution is 7.80. The van der Waals surface area contributed by atoms with Crippen molar-refractivity contribution in [3.8, 4) is 11.5 Å². The Labute approximate surface area is 804 Å². The Morgan fingerprint density at radius 3 is 1.13 bits per heavy atom. The Hall–Kier alpha value is -13.7. The predicted molar refractivity (Wildman–Crippen MR) is 517 cm³/mol. The first-order valence-electron chi connectivity index (χ1n) is 45.2. The van der Waals surface area contributed by atoms with Gasteiger partial charge < -0.3 is 156 Å². The molecule has 15 amide bonds. The summed E-state index contributed by atoms with van der Waals surface area (Å²) in [5, 5.41) is 107. The zero-order valence-corrected chi connectivity index (χ0v) is 78.4. The Morgan fingerprint density at radius 1 is 0.380 bits per heavy atom. The third-order valence-electron chi connectivity index (χ3n) is 22.0. The number of nitrogens with one attached hydrogen (secondary N) is 21. The molecule has 754 valence electrons. The molecule has 40 N–H and O–H groups in total. The van der Waals surface area contributed by atoms with Gasteiger partial charge in [-0.05, 0) is 187 Å². The van der Waals surface area contributed by atoms with Gasteiger partial charge in [-0.3, -0.25) is 84.0 Å². The second kappa shape index (κ2) is 60.6. The Kier molecular flexibility index (Phi) is 50.3. The van der Waals surface area contributed by atoms with Gasteiger partial charge >= 0.3 is 12.0 Å². The molecule has 0 aromatic heterocycles. The number of unbranched alkanes of at least 4 members (excludes halogenated alkanes) is 2. The number of carbonyl (C=O) groups excluding carboxylic acids is 14. The van der Waals surface area contributed by atoms with E-state index in [1.807, 2.05) is 30.3 Å². The van der Waals surface area contributed by atoms with Crippen molar-refractivity contribution in [1.82, 2.24) is 95.3 Å². The number of primary amides is 1. The molecule has 0 unspecified atom stereocenters. The van der Waals surface area contributed by atoms with Crippen LogP contribution in [0.4, 0.5) is 4.79 Å². The number of benzene rings is 4. The van der Waals surface area contributed by atoms with E-state index in [1.54, 1.807) is 12.1 Å². The SMILES string of the molecule is C[C@H](NC(=O)[C@H](Cc1ccc(O)cc1)NC(=O)[C@H](CS)NC(=O)[C@H](Cc1ccc2ccccc2c1)NC(=O)[C@H](CCCNC(=N)N)NC(=O)[C@@H](N)CCCNC(=N)N)C(=O)N[C@@H](CCCCN)C(=O)N[C@H](CCCCN)C(=O)N1CCC[C@H]1C(=O)N[C@@H](Cc1ccc(O)cc1)C(=O)N[C@@H](CCCNC(=N)N)C(=O)N[C@@H](CCCNC(N)=O)C(=O)N[C@@H](CS)C(=O)N[C@@H](CCCNC(=N)N)C(=O)O. The van der Waals surface area contributed by atoms with Gasteiger partial charge in [-0.15, -0.1) is 0 Å². The number of hydrogen-bond donors (Lipinski definition) is 34. The molecule has 50 heteroatoms. The molecule has 0 spiro atoms. The molecule has 5 rings (SSSR count). The van der Waals surface area contributed by atoms with Gasteiger partial charge in [-0.1, -0.05) is 66.7 Å². The van der Waals surface area contributed by atoms with E-state index < -0.39 is 185 Å². The number of fused-ring (bicyclic) bond motifs is 1. The number of aromatic hydroxyl groups is 2. The number of phenols is 2. The number of hydrogen-bond acceptors (Lipinski definition) is 26. The molecule has 4 aromatic rings. The molecular formula is C87H136N30O18S2. The monoisotopic (exact) mass is 1950 g/mol. The maximum absolute atomic E-state index is 15.2. The average Bonchev–Trinajstić information content (AvgIpc) is 1.78. The number of guanidine groups is 4. The van der Waals surface area contributed by atoms with Gasteiger partial charge in [0, 0.05) is 70.0 Å². The van der Waals surface area contributed by atoms with Crippen LogP contribution in [-0.2, 0) is 86.4 Å². The molecule has 0 saturated carbocycles. The molecular weight excluding hydrogens is 1820 g/mol. The average molecular weight is 1950 g/mol. The summed E-state index contributed by atoms with van der Waals surface area (Å²) < 4.78 is 0. The van der Waals surface area contributed by atoms with Crippen LogP contribution in [0, 0.1) is 21.6 Å². The second-order valence-electron chi connectivity index (χ2n) is 33.0. The topological polar surface area (TPSA) is 828 Å². The lowest BCUT2D eigenvalue weighted by atomic mass is 10.00. The third-order valence-corrected chi connectivity index (χ3v) is 22.8. The fourth-order valence-corrected chi connectivity index (χ4v) is 15.1. The highest BCUT2D eigenvalue weighted by Gasteiger charge is 2.42. The zero-order valence-electron chi connectivity index (χ0n) is 76.6. The van der Waals surface area contributed by atoms with Crippen LogP contribution in [0.1, 0.15) is 139 Å². The summed E-state index contributed by atoms with van der Waals surface area (Å²) in [4.78, 5) is 215. The van der Waals surface area contributed by atoms with Gasteiger partial charge in [0.2, 0.25) is 76.8 Å². The Balaban J connectivity index is 1.40. The van der Waals surface area contributed by atoms with Gasteiger partial charge in [0.15, 0.2) is 23.8 Å². The fraction of sp³-hybridized carbons (Fsp3) is 0.529. The van der Waals surface area contributed by atoms with Crippen molar-refractivity contribution in [1.29, 1.82) is 21.6 Å². The van der Waals surface area contributed by atoms with Crippen LogP contribution in [0.2, 0.25) is 0 Å². The summed E-state index contributed by atoms with van der Waals surface area (Å²) in [6, 6.07) is 2.64. The summed E-state index contributed by atoms with van der Waals surface area (Å²) in [6.45, 7) is 1.88. The summed E-state index contributed by atoms with van der Waals surface area (Å²) in [5.74, 6) is -15.6. The normalized spacial score (nSPS) is 15.0. The van der Waals surface area contributed by atoms with Crippen molar-refractivity contribution in [2.45, 2.75) is 226 Å². The number of carboxylic acids is 1. The molecule has 0 bridgehead atoms. The summed E-state index contributed by atoms with van der Waals surface area (Å²) >= 11 is 8.65. The lowest BCUT2D eigenvalue weighted by molar-refractivity contribution is -0.142. The molecule has 1 fully saturated rings. The number of urea groups is 1. The summed E-state index contributed by atoms with van der Waals surface area (Å²) in [5.41, 5.74) is 46.6. The molecule has 1 aliphatic rings. The summed E-state index contributed by atoms with van der Waals surface area (Å²) in [7, 11) is 0. The number of nitrogens with two attached hydrogens (primary N) is 8. The third kappa shape index (κ3) is 42.0. The number of rotatable bonds is 62. The maximum Gasteiger partial charge on any atom is 0.326 e. The highest BCUT2D eigenvalue weighted by Crippen LogP contribution is 2.24. The van der Waals surface area contributed by atoms with Crippen molar-refractivity contribution >= 4 is 149 Å². The minimum absolute atomic E-state index is 0.0185. The lowest BCUT2D eigenvalue weighted by Crippen LogP contribution is -2.61. The van der Waals surface area contributed by atoms with E-state index >= 15 is 14.4 Å². The van der Waals surface area contributed by atoms with Crippen molar-refractivity contribution in [2.24, 2.45) is 45.9 Å². The zero-order chi connectivity index (χ0) is 101. The quantitative estimate of drug-likeness (QED) is 0.00847. The highest BCUT2D eigenvalue weighted by atomic mass is 32.1. The van der Waals surface area contributed by atoms with Crippen LogP contribution in [-0.4, -0.2) is 281 Å². The molecule has 1 saturated heterocycles. The molecule has 0 aliphatic carbocycles. The standard InChI is InChI=1S/C87H136N30O18S2/c1-48(105-75(126)63(43-49-25-30-54(118)31-26-49)113-79(130)67(47-137)116-77(128)65(45-51-24-29-52-14-2-3-15-53(52)42-51)112-73(124)58(19-9-37-101-84(93)94)107-70(121)56(90)16-8-36-100-83(91)92)69(120)106-57(17-4-6-34-88)72(123)110-61(18-5-7-35-89)81(132)117-41-13-23-68(117)80(131)114-64(44-50-27-32-55(119)33-28-50)76(127)109-59(20-10-38-102-85(95)96)71(122)108-60(21-11-40-104-87(99)135)74(125)115-66(46-136)78(129)111-62(82(133)134)22-12-39-103-86(97)98/h2-3,14-15,24-33,42,48,56-68,118-119,136-137H,4-13,16-23,34-41,43-47,88-90H2,1H3,(H,105,126)(H,106,120)(H,107,121)(H,108,122)(H,109,127)(H,110,123)(H,111,129)(H,112,124)(H,113,130)(H,114,131)(H,115,125)(H,116,128)(H,133,134)(H4,91,92,100)(H4,93,94,101)(H4,95,96,102)(H4,97,98,103)(H3,99,104,135)/t48-,56-,57-,58-,59-,60-,61+,62-,63-,64-,65-,66-,67-,68-/m0/s1. The van der Waals surface area contributed by atoms with Crippen molar-refractivity contribution in [3.63, 3.8) is 0 Å². The molecule has 14 atom stereocenters. The molecule has 4 aromatic carbocycles. The maximum atomic E-state index is 15.2. The first-order chi connectivity index (χ1) is 65.2. The van der Waals surface area contributed by atoms with E-state index in [2.05, 4.69) is 116 Å². The number of thiol groups is 2. The fourth-order valence-electron chi connectivity index (χ4n) is 14.6. The number of phenolic OH excluding ortho intramolecular Hbond substituents is 2. The number of amides is 15.